The number of anilines is 1. The summed E-state index contributed by atoms with van der Waals surface area (Å²) in [5.74, 6) is 1.63. The summed E-state index contributed by atoms with van der Waals surface area (Å²) in [6.45, 7) is 6.15. The third-order valence-electron chi connectivity index (χ3n) is 7.82. The van der Waals surface area contributed by atoms with Gasteiger partial charge in [0, 0.05) is 50.4 Å². The molecule has 2 fully saturated rings. The number of piperidine rings is 1. The summed E-state index contributed by atoms with van der Waals surface area (Å²) < 4.78 is 1.91. The minimum Gasteiger partial charge on any atom is -0.356 e. The van der Waals surface area contributed by atoms with Crippen molar-refractivity contribution in [2.45, 2.75) is 57.9 Å². The summed E-state index contributed by atoms with van der Waals surface area (Å²) in [5, 5.41) is 1.05. The van der Waals surface area contributed by atoms with Gasteiger partial charge in [-0.15, -0.1) is 11.3 Å². The van der Waals surface area contributed by atoms with Gasteiger partial charge in [0.15, 0.2) is 0 Å². The molecule has 8 heteroatoms. The Labute approximate surface area is 203 Å². The van der Waals surface area contributed by atoms with Crippen molar-refractivity contribution >= 4 is 33.3 Å². The van der Waals surface area contributed by atoms with Crippen LogP contribution in [0.25, 0.3) is 10.2 Å². The molecule has 6 rings (SSSR count). The fourth-order valence-electron chi connectivity index (χ4n) is 6.16. The maximum atomic E-state index is 13.8. The Balaban J connectivity index is 1.31. The lowest BCUT2D eigenvalue weighted by atomic mass is 9.83. The number of rotatable bonds is 2. The highest BCUT2D eigenvalue weighted by Gasteiger charge is 2.37. The van der Waals surface area contributed by atoms with Gasteiger partial charge in [-0.3, -0.25) is 9.59 Å². The first-order valence-electron chi connectivity index (χ1n) is 12.6. The van der Waals surface area contributed by atoms with Crippen LogP contribution in [0.3, 0.4) is 0 Å². The minimum absolute atomic E-state index is 0.0719. The van der Waals surface area contributed by atoms with Gasteiger partial charge in [-0.05, 0) is 43.7 Å². The number of hydrogen-bond acceptors (Lipinski definition) is 6. The van der Waals surface area contributed by atoms with Crippen LogP contribution in [0.15, 0.2) is 29.3 Å². The standard InChI is InChI=1S/C26H31N5O2S/c1-17-22-24(29-10-5-3-2-4-6-11-29)27-16-28-25(22)34-23(17)26(33)30-13-18-12-19(15-30)20-8-7-9-21(32)31(20)14-18/h7-9,16,18-19H,2-6,10-15H2,1H3. The van der Waals surface area contributed by atoms with Gasteiger partial charge in [0.1, 0.15) is 17.0 Å². The zero-order valence-corrected chi connectivity index (χ0v) is 20.5. The number of aryl methyl sites for hydroxylation is 1. The van der Waals surface area contributed by atoms with E-state index < -0.39 is 0 Å². The van der Waals surface area contributed by atoms with Crippen LogP contribution in [0.2, 0.25) is 0 Å². The summed E-state index contributed by atoms with van der Waals surface area (Å²) in [6, 6.07) is 5.53. The molecule has 0 aliphatic carbocycles. The Bertz CT molecular complexity index is 1290. The molecule has 6 heterocycles. The molecule has 0 saturated carbocycles. The first-order valence-corrected chi connectivity index (χ1v) is 13.4. The van der Waals surface area contributed by atoms with Gasteiger partial charge in [-0.1, -0.05) is 25.3 Å². The molecule has 0 spiro atoms. The zero-order chi connectivity index (χ0) is 23.2. The fraction of sp³-hybridized carbons (Fsp3) is 0.538. The van der Waals surface area contributed by atoms with Crippen molar-refractivity contribution < 1.29 is 4.79 Å². The Morgan fingerprint density at radius 2 is 1.82 bits per heavy atom. The second-order valence-electron chi connectivity index (χ2n) is 10.1. The molecule has 3 aliphatic heterocycles. The lowest BCUT2D eigenvalue weighted by molar-refractivity contribution is 0.0599. The van der Waals surface area contributed by atoms with E-state index in [1.807, 2.05) is 21.6 Å². The van der Waals surface area contributed by atoms with E-state index in [0.717, 1.165) is 51.7 Å². The first-order chi connectivity index (χ1) is 16.6. The van der Waals surface area contributed by atoms with Crippen molar-refractivity contribution in [2.75, 3.05) is 31.1 Å². The van der Waals surface area contributed by atoms with Crippen molar-refractivity contribution in [1.82, 2.24) is 19.4 Å². The summed E-state index contributed by atoms with van der Waals surface area (Å²) >= 11 is 1.51. The predicted molar refractivity (Wildman–Crippen MR) is 135 cm³/mol. The van der Waals surface area contributed by atoms with Crippen molar-refractivity contribution in [3.63, 3.8) is 0 Å². The SMILES string of the molecule is Cc1c(C(=O)N2CC3CC(C2)c2cccc(=O)n2C3)sc2ncnc(N3CCCCCCC3)c12. The number of carbonyl (C=O) groups is 1. The molecule has 3 aliphatic rings. The van der Waals surface area contributed by atoms with E-state index >= 15 is 0 Å². The number of nitrogens with zero attached hydrogens (tertiary/aromatic N) is 5. The Kier molecular flexibility index (Phi) is 5.63. The smallest absolute Gasteiger partial charge is 0.264 e. The molecule has 0 aromatic carbocycles. The summed E-state index contributed by atoms with van der Waals surface area (Å²) in [4.78, 5) is 41.5. The number of amides is 1. The predicted octanol–water partition coefficient (Wildman–Crippen LogP) is 4.19. The maximum absolute atomic E-state index is 13.8. The highest BCUT2D eigenvalue weighted by molar-refractivity contribution is 7.20. The van der Waals surface area contributed by atoms with E-state index in [9.17, 15) is 9.59 Å². The lowest BCUT2D eigenvalue weighted by Gasteiger charge is -2.42. The number of pyridine rings is 1. The Hall–Kier alpha value is -2.74. The average Bonchev–Trinajstić information content (AvgIpc) is 3.16. The van der Waals surface area contributed by atoms with E-state index in [2.05, 4.69) is 16.8 Å². The lowest BCUT2D eigenvalue weighted by Crippen LogP contribution is -2.49. The van der Waals surface area contributed by atoms with Crippen LogP contribution in [0.1, 0.15) is 65.4 Å². The van der Waals surface area contributed by atoms with Crippen molar-refractivity contribution in [2.24, 2.45) is 5.92 Å². The number of fused-ring (bicyclic) bond motifs is 5. The van der Waals surface area contributed by atoms with Crippen LogP contribution in [0.5, 0.6) is 0 Å². The molecular weight excluding hydrogens is 446 g/mol. The molecule has 2 unspecified atom stereocenters. The summed E-state index contributed by atoms with van der Waals surface area (Å²) in [6.07, 6.45) is 8.92. The van der Waals surface area contributed by atoms with Gasteiger partial charge in [0.2, 0.25) is 0 Å². The normalized spacial score (nSPS) is 22.9. The second kappa shape index (κ2) is 8.80. The minimum atomic E-state index is 0.0719. The quantitative estimate of drug-likeness (QED) is 0.553. The number of aromatic nitrogens is 3. The molecule has 178 valence electrons. The third kappa shape index (κ3) is 3.72. The summed E-state index contributed by atoms with van der Waals surface area (Å²) in [7, 11) is 0. The van der Waals surface area contributed by atoms with E-state index in [1.165, 1.54) is 43.4 Å². The maximum Gasteiger partial charge on any atom is 0.264 e. The molecule has 2 bridgehead atoms. The Morgan fingerprint density at radius 3 is 2.65 bits per heavy atom. The van der Waals surface area contributed by atoms with Gasteiger partial charge >= 0.3 is 0 Å². The molecule has 2 atom stereocenters. The molecule has 3 aromatic rings. The molecule has 7 nitrogen and oxygen atoms in total. The van der Waals surface area contributed by atoms with Gasteiger partial charge in [0.25, 0.3) is 11.5 Å². The largest absolute Gasteiger partial charge is 0.356 e. The van der Waals surface area contributed by atoms with Crippen LogP contribution in [0, 0.1) is 12.8 Å². The van der Waals surface area contributed by atoms with Crippen LogP contribution in [0.4, 0.5) is 5.82 Å². The highest BCUT2D eigenvalue weighted by atomic mass is 32.1. The topological polar surface area (TPSA) is 71.3 Å². The number of thiophene rings is 1. The molecule has 0 radical (unpaired) electrons. The first kappa shape index (κ1) is 21.8. The average molecular weight is 478 g/mol. The monoisotopic (exact) mass is 477 g/mol. The van der Waals surface area contributed by atoms with Crippen molar-refractivity contribution in [3.05, 3.63) is 51.0 Å². The van der Waals surface area contributed by atoms with Gasteiger partial charge in [-0.2, -0.15) is 0 Å². The fourth-order valence-corrected chi connectivity index (χ4v) is 7.27. The molecule has 34 heavy (non-hydrogen) atoms. The third-order valence-corrected chi connectivity index (χ3v) is 9.01. The van der Waals surface area contributed by atoms with Gasteiger partial charge in [-0.25, -0.2) is 9.97 Å². The second-order valence-corrected chi connectivity index (χ2v) is 11.1. The summed E-state index contributed by atoms with van der Waals surface area (Å²) in [5.41, 5.74) is 2.15. The number of hydrogen-bond donors (Lipinski definition) is 0. The van der Waals surface area contributed by atoms with E-state index in [1.54, 1.807) is 12.4 Å². The van der Waals surface area contributed by atoms with Crippen LogP contribution < -0.4 is 10.5 Å². The van der Waals surface area contributed by atoms with E-state index in [0.29, 0.717) is 25.6 Å². The molecule has 1 amide bonds. The van der Waals surface area contributed by atoms with Gasteiger partial charge < -0.3 is 14.4 Å². The Morgan fingerprint density at radius 1 is 1.03 bits per heavy atom. The van der Waals surface area contributed by atoms with Gasteiger partial charge in [0.05, 0.1) is 10.3 Å². The molecule has 3 aromatic heterocycles. The van der Waals surface area contributed by atoms with Crippen molar-refractivity contribution in [1.29, 1.82) is 0 Å². The van der Waals surface area contributed by atoms with Crippen LogP contribution >= 0.6 is 11.3 Å². The number of likely N-dealkylation sites (tertiary alicyclic amines) is 1. The van der Waals surface area contributed by atoms with Crippen LogP contribution in [-0.2, 0) is 6.54 Å². The number of carbonyl (C=O) groups excluding carboxylic acids is 1. The van der Waals surface area contributed by atoms with E-state index in [4.69, 9.17) is 4.98 Å². The molecule has 2 saturated heterocycles. The highest BCUT2D eigenvalue weighted by Crippen LogP contribution is 2.39. The molecule has 0 N–H and O–H groups in total. The van der Waals surface area contributed by atoms with Crippen molar-refractivity contribution in [3.8, 4) is 0 Å². The van der Waals surface area contributed by atoms with Crippen LogP contribution in [-0.4, -0.2) is 51.5 Å². The molecular formula is C26H31N5O2S. The zero-order valence-electron chi connectivity index (χ0n) is 19.7. The van der Waals surface area contributed by atoms with E-state index in [-0.39, 0.29) is 17.4 Å².